The SMILES string of the molecule is Cc1ccc(/C=C2\CCCC2CC(=O)OC(C)(C)C)nc1. The molecule has 0 bridgehead atoms. The summed E-state index contributed by atoms with van der Waals surface area (Å²) in [4.78, 5) is 16.4. The van der Waals surface area contributed by atoms with Crippen LogP contribution in [0.3, 0.4) is 0 Å². The molecule has 1 fully saturated rings. The van der Waals surface area contributed by atoms with Gasteiger partial charge in [-0.1, -0.05) is 11.6 Å². The highest BCUT2D eigenvalue weighted by Crippen LogP contribution is 2.35. The lowest BCUT2D eigenvalue weighted by Gasteiger charge is -2.21. The lowest BCUT2D eigenvalue weighted by Crippen LogP contribution is -2.25. The maximum absolute atomic E-state index is 12.0. The van der Waals surface area contributed by atoms with E-state index in [1.165, 1.54) is 5.57 Å². The molecular formula is C18H25NO2. The van der Waals surface area contributed by atoms with Gasteiger partial charge < -0.3 is 4.74 Å². The number of esters is 1. The van der Waals surface area contributed by atoms with Gasteiger partial charge in [0.1, 0.15) is 5.60 Å². The highest BCUT2D eigenvalue weighted by atomic mass is 16.6. The van der Waals surface area contributed by atoms with Crippen molar-refractivity contribution in [2.75, 3.05) is 0 Å². The fourth-order valence-corrected chi connectivity index (χ4v) is 2.70. The van der Waals surface area contributed by atoms with E-state index in [2.05, 4.69) is 17.1 Å². The zero-order valence-corrected chi connectivity index (χ0v) is 13.5. The number of ether oxygens (including phenoxy) is 1. The average Bonchev–Trinajstić information content (AvgIpc) is 2.77. The smallest absolute Gasteiger partial charge is 0.306 e. The van der Waals surface area contributed by atoms with E-state index >= 15 is 0 Å². The number of pyridine rings is 1. The van der Waals surface area contributed by atoms with Crippen molar-refractivity contribution >= 4 is 12.0 Å². The number of rotatable bonds is 3. The Balaban J connectivity index is 2.03. The maximum atomic E-state index is 12.0. The number of carbonyl (C=O) groups excluding carboxylic acids is 1. The maximum Gasteiger partial charge on any atom is 0.306 e. The van der Waals surface area contributed by atoms with Gasteiger partial charge in [-0.05, 0) is 70.6 Å². The van der Waals surface area contributed by atoms with Crippen molar-refractivity contribution < 1.29 is 9.53 Å². The summed E-state index contributed by atoms with van der Waals surface area (Å²) in [5, 5.41) is 0. The van der Waals surface area contributed by atoms with Gasteiger partial charge in [0.25, 0.3) is 0 Å². The summed E-state index contributed by atoms with van der Waals surface area (Å²) >= 11 is 0. The Kier molecular flexibility index (Phi) is 4.81. The van der Waals surface area contributed by atoms with Crippen LogP contribution in [0.2, 0.25) is 0 Å². The van der Waals surface area contributed by atoms with Crippen LogP contribution in [-0.2, 0) is 9.53 Å². The van der Waals surface area contributed by atoms with E-state index in [1.807, 2.05) is 40.0 Å². The minimum Gasteiger partial charge on any atom is -0.460 e. The molecule has 1 aromatic rings. The first-order chi connectivity index (χ1) is 9.83. The van der Waals surface area contributed by atoms with Crippen molar-refractivity contribution in [3.63, 3.8) is 0 Å². The third-order valence-electron chi connectivity index (χ3n) is 3.64. The van der Waals surface area contributed by atoms with Crippen LogP contribution in [0.15, 0.2) is 23.9 Å². The molecule has 0 N–H and O–H groups in total. The Bertz CT molecular complexity index is 523. The second kappa shape index (κ2) is 6.42. The number of hydrogen-bond acceptors (Lipinski definition) is 3. The lowest BCUT2D eigenvalue weighted by molar-refractivity contribution is -0.155. The molecule has 1 aliphatic carbocycles. The molecule has 0 spiro atoms. The van der Waals surface area contributed by atoms with Gasteiger partial charge in [0.05, 0.1) is 12.1 Å². The first kappa shape index (κ1) is 15.7. The third-order valence-corrected chi connectivity index (χ3v) is 3.64. The molecular weight excluding hydrogens is 262 g/mol. The predicted molar refractivity (Wildman–Crippen MR) is 84.8 cm³/mol. The lowest BCUT2D eigenvalue weighted by atomic mass is 9.97. The summed E-state index contributed by atoms with van der Waals surface area (Å²) in [5.41, 5.74) is 3.07. The van der Waals surface area contributed by atoms with Gasteiger partial charge in [0.15, 0.2) is 0 Å². The molecule has 1 heterocycles. The summed E-state index contributed by atoms with van der Waals surface area (Å²) in [6.45, 7) is 7.76. The van der Waals surface area contributed by atoms with E-state index in [0.717, 1.165) is 30.5 Å². The van der Waals surface area contributed by atoms with Crippen LogP contribution in [0.5, 0.6) is 0 Å². The predicted octanol–water partition coefficient (Wildman–Crippen LogP) is 4.31. The second-order valence-electron chi connectivity index (χ2n) is 6.86. The van der Waals surface area contributed by atoms with Crippen molar-refractivity contribution in [2.24, 2.45) is 5.92 Å². The summed E-state index contributed by atoms with van der Waals surface area (Å²) in [6.07, 6.45) is 7.77. The first-order valence-corrected chi connectivity index (χ1v) is 7.68. The van der Waals surface area contributed by atoms with E-state index in [4.69, 9.17) is 4.74 Å². The van der Waals surface area contributed by atoms with Crippen molar-refractivity contribution in [3.8, 4) is 0 Å². The second-order valence-corrected chi connectivity index (χ2v) is 6.86. The molecule has 0 aliphatic heterocycles. The molecule has 1 unspecified atom stereocenters. The zero-order chi connectivity index (χ0) is 15.5. The molecule has 0 radical (unpaired) electrons. The molecule has 0 saturated heterocycles. The molecule has 114 valence electrons. The summed E-state index contributed by atoms with van der Waals surface area (Å²) in [7, 11) is 0. The Morgan fingerprint density at radius 3 is 2.81 bits per heavy atom. The van der Waals surface area contributed by atoms with Crippen LogP contribution < -0.4 is 0 Å². The average molecular weight is 287 g/mol. The van der Waals surface area contributed by atoms with Gasteiger partial charge in [0, 0.05) is 6.20 Å². The van der Waals surface area contributed by atoms with E-state index in [1.54, 1.807) is 0 Å². The topological polar surface area (TPSA) is 39.2 Å². The fourth-order valence-electron chi connectivity index (χ4n) is 2.70. The van der Waals surface area contributed by atoms with E-state index in [9.17, 15) is 4.79 Å². The zero-order valence-electron chi connectivity index (χ0n) is 13.5. The molecule has 0 aromatic carbocycles. The first-order valence-electron chi connectivity index (χ1n) is 7.68. The number of nitrogens with zero attached hydrogens (tertiary/aromatic N) is 1. The summed E-state index contributed by atoms with van der Waals surface area (Å²) in [6, 6.07) is 4.10. The van der Waals surface area contributed by atoms with E-state index in [0.29, 0.717) is 12.3 Å². The van der Waals surface area contributed by atoms with Crippen LogP contribution in [0.4, 0.5) is 0 Å². The van der Waals surface area contributed by atoms with Crippen molar-refractivity contribution in [1.29, 1.82) is 0 Å². The van der Waals surface area contributed by atoms with Crippen molar-refractivity contribution in [2.45, 2.75) is 59.0 Å². The van der Waals surface area contributed by atoms with Crippen LogP contribution >= 0.6 is 0 Å². The van der Waals surface area contributed by atoms with Gasteiger partial charge in [-0.2, -0.15) is 0 Å². The van der Waals surface area contributed by atoms with E-state index in [-0.39, 0.29) is 5.97 Å². The molecule has 3 nitrogen and oxygen atoms in total. The van der Waals surface area contributed by atoms with Gasteiger partial charge in [-0.25, -0.2) is 0 Å². The number of carbonyl (C=O) groups is 1. The Hall–Kier alpha value is -1.64. The van der Waals surface area contributed by atoms with Crippen molar-refractivity contribution in [1.82, 2.24) is 4.98 Å². The number of aryl methyl sites for hydroxylation is 1. The summed E-state index contributed by atoms with van der Waals surface area (Å²) in [5.74, 6) is 0.208. The minimum atomic E-state index is -0.405. The number of aromatic nitrogens is 1. The van der Waals surface area contributed by atoms with Gasteiger partial charge in [-0.15, -0.1) is 0 Å². The van der Waals surface area contributed by atoms with Crippen LogP contribution in [0.1, 0.15) is 57.7 Å². The quantitative estimate of drug-likeness (QED) is 0.778. The largest absolute Gasteiger partial charge is 0.460 e. The fraction of sp³-hybridized carbons (Fsp3) is 0.556. The monoisotopic (exact) mass is 287 g/mol. The van der Waals surface area contributed by atoms with Crippen molar-refractivity contribution in [3.05, 3.63) is 35.2 Å². The molecule has 0 amide bonds. The van der Waals surface area contributed by atoms with Gasteiger partial charge >= 0.3 is 5.97 Å². The highest BCUT2D eigenvalue weighted by Gasteiger charge is 2.26. The molecule has 1 atom stereocenters. The molecule has 2 rings (SSSR count). The third kappa shape index (κ3) is 5.00. The van der Waals surface area contributed by atoms with E-state index < -0.39 is 5.60 Å². The number of hydrogen-bond donors (Lipinski definition) is 0. The molecule has 1 aliphatic rings. The Morgan fingerprint density at radius 2 is 2.19 bits per heavy atom. The van der Waals surface area contributed by atoms with Crippen LogP contribution in [0.25, 0.3) is 6.08 Å². The Labute approximate surface area is 127 Å². The Morgan fingerprint density at radius 1 is 1.43 bits per heavy atom. The molecule has 1 aromatic heterocycles. The highest BCUT2D eigenvalue weighted by molar-refractivity contribution is 5.71. The van der Waals surface area contributed by atoms with Crippen LogP contribution in [-0.4, -0.2) is 16.6 Å². The van der Waals surface area contributed by atoms with Gasteiger partial charge in [0.2, 0.25) is 0 Å². The molecule has 1 saturated carbocycles. The van der Waals surface area contributed by atoms with Crippen LogP contribution in [0, 0.1) is 12.8 Å². The molecule has 3 heteroatoms. The standard InChI is InChI=1S/C18H25NO2/c1-13-8-9-16(19-12-13)10-14-6-5-7-15(14)11-17(20)21-18(2,3)4/h8-10,12,15H,5-7,11H2,1-4H3/b14-10+. The molecule has 21 heavy (non-hydrogen) atoms. The summed E-state index contributed by atoms with van der Waals surface area (Å²) < 4.78 is 5.43. The normalized spacial score (nSPS) is 20.8. The van der Waals surface area contributed by atoms with Gasteiger partial charge in [-0.3, -0.25) is 9.78 Å². The number of allylic oxidation sites excluding steroid dienone is 1. The minimum absolute atomic E-state index is 0.0998.